The number of aliphatic carboxylic acids is 1. The molecule has 0 saturated carbocycles. The molecule has 5 nitrogen and oxygen atoms in total. The van der Waals surface area contributed by atoms with Gasteiger partial charge in [-0.15, -0.1) is 12.4 Å². The molecular formula is C10H13ClN2O3S. The van der Waals surface area contributed by atoms with E-state index in [4.69, 9.17) is 5.11 Å². The van der Waals surface area contributed by atoms with Crippen molar-refractivity contribution in [1.29, 1.82) is 0 Å². The van der Waals surface area contributed by atoms with E-state index in [1.807, 2.05) is 5.38 Å². The van der Waals surface area contributed by atoms with Gasteiger partial charge in [-0.05, 0) is 11.4 Å². The normalized spacial score (nSPS) is 19.5. The first-order valence-corrected chi connectivity index (χ1v) is 5.91. The van der Waals surface area contributed by atoms with Gasteiger partial charge >= 0.3 is 5.97 Å². The summed E-state index contributed by atoms with van der Waals surface area (Å²) in [5.41, 5.74) is 0.568. The van der Waals surface area contributed by atoms with Crippen LogP contribution in [0.2, 0.25) is 0 Å². The van der Waals surface area contributed by atoms with Gasteiger partial charge in [0.15, 0.2) is 0 Å². The minimum absolute atomic E-state index is 0. The third-order valence-corrected chi connectivity index (χ3v) is 3.24. The van der Waals surface area contributed by atoms with E-state index >= 15 is 0 Å². The number of halogens is 1. The number of hydrogen-bond donors (Lipinski definition) is 2. The number of carbonyl (C=O) groups is 2. The van der Waals surface area contributed by atoms with Crippen LogP contribution >= 0.6 is 23.7 Å². The van der Waals surface area contributed by atoms with Crippen molar-refractivity contribution in [3.05, 3.63) is 22.4 Å². The largest absolute Gasteiger partial charge is 0.480 e. The lowest BCUT2D eigenvalue weighted by atomic mass is 10.1. The van der Waals surface area contributed by atoms with Crippen molar-refractivity contribution in [1.82, 2.24) is 10.2 Å². The second-order valence-corrected chi connectivity index (χ2v) is 4.35. The highest BCUT2D eigenvalue weighted by Crippen LogP contribution is 2.13. The van der Waals surface area contributed by atoms with Crippen molar-refractivity contribution in [3.8, 4) is 0 Å². The van der Waals surface area contributed by atoms with Crippen LogP contribution in [0.5, 0.6) is 0 Å². The number of hydrogen-bond acceptors (Lipinski definition) is 4. The number of carboxylic acid groups (broad SMARTS) is 1. The van der Waals surface area contributed by atoms with E-state index in [1.54, 1.807) is 11.4 Å². The second-order valence-electron chi connectivity index (χ2n) is 3.57. The Morgan fingerprint density at radius 3 is 2.88 bits per heavy atom. The molecule has 2 heterocycles. The molecule has 2 rings (SSSR count). The number of piperazine rings is 1. The lowest BCUT2D eigenvalue weighted by molar-refractivity contribution is -0.142. The summed E-state index contributed by atoms with van der Waals surface area (Å²) in [4.78, 5) is 24.4. The average Bonchev–Trinajstić information content (AvgIpc) is 2.81. The van der Waals surface area contributed by atoms with Gasteiger partial charge in [-0.2, -0.15) is 11.3 Å². The number of carbonyl (C=O) groups excluding carboxylic acids is 1. The zero-order valence-corrected chi connectivity index (χ0v) is 10.6. The predicted octanol–water partition coefficient (Wildman–Crippen LogP) is 0.668. The first-order chi connectivity index (χ1) is 7.70. The third-order valence-electron chi connectivity index (χ3n) is 2.56. The monoisotopic (exact) mass is 276 g/mol. The highest BCUT2D eigenvalue weighted by atomic mass is 35.5. The van der Waals surface area contributed by atoms with E-state index in [1.165, 1.54) is 16.2 Å². The van der Waals surface area contributed by atoms with Crippen LogP contribution in [-0.2, 0) is 4.79 Å². The van der Waals surface area contributed by atoms with Gasteiger partial charge in [0.1, 0.15) is 6.04 Å². The molecule has 0 aliphatic carbocycles. The molecule has 1 unspecified atom stereocenters. The first kappa shape index (κ1) is 14.0. The smallest absolute Gasteiger partial charge is 0.327 e. The molecule has 1 saturated heterocycles. The maximum atomic E-state index is 12.0. The van der Waals surface area contributed by atoms with Crippen LogP contribution < -0.4 is 5.32 Å². The summed E-state index contributed by atoms with van der Waals surface area (Å²) in [6.45, 7) is 1.39. The van der Waals surface area contributed by atoms with Crippen molar-refractivity contribution in [2.45, 2.75) is 6.04 Å². The van der Waals surface area contributed by atoms with Gasteiger partial charge in [0.05, 0.1) is 5.56 Å². The molecule has 0 aromatic carbocycles. The fraction of sp³-hybridized carbons (Fsp3) is 0.400. The molecule has 1 fully saturated rings. The average molecular weight is 277 g/mol. The van der Waals surface area contributed by atoms with E-state index in [-0.39, 0.29) is 18.3 Å². The number of amides is 1. The Morgan fingerprint density at radius 1 is 1.53 bits per heavy atom. The van der Waals surface area contributed by atoms with Gasteiger partial charge in [-0.1, -0.05) is 0 Å². The van der Waals surface area contributed by atoms with Gasteiger partial charge < -0.3 is 15.3 Å². The highest BCUT2D eigenvalue weighted by molar-refractivity contribution is 7.08. The minimum atomic E-state index is -0.962. The van der Waals surface area contributed by atoms with Crippen LogP contribution in [0.3, 0.4) is 0 Å². The summed E-state index contributed by atoms with van der Waals surface area (Å²) in [7, 11) is 0. The van der Waals surface area contributed by atoms with E-state index in [0.29, 0.717) is 25.2 Å². The molecule has 1 aromatic heterocycles. The Labute approximate surface area is 109 Å². The van der Waals surface area contributed by atoms with Crippen molar-refractivity contribution in [3.63, 3.8) is 0 Å². The number of nitrogens with one attached hydrogen (secondary N) is 1. The molecule has 1 aliphatic heterocycles. The van der Waals surface area contributed by atoms with Crippen molar-refractivity contribution in [2.24, 2.45) is 0 Å². The molecule has 1 aliphatic rings. The summed E-state index contributed by atoms with van der Waals surface area (Å²) in [5.74, 6) is -1.16. The molecule has 7 heteroatoms. The highest BCUT2D eigenvalue weighted by Gasteiger charge is 2.32. The molecule has 0 radical (unpaired) electrons. The topological polar surface area (TPSA) is 69.6 Å². The van der Waals surface area contributed by atoms with E-state index in [0.717, 1.165) is 0 Å². The van der Waals surface area contributed by atoms with Crippen LogP contribution in [0, 0.1) is 0 Å². The molecule has 1 atom stereocenters. The SMILES string of the molecule is Cl.O=C(O)C1CNCCN1C(=O)c1ccsc1. The second kappa shape index (κ2) is 6.00. The third kappa shape index (κ3) is 2.96. The summed E-state index contributed by atoms with van der Waals surface area (Å²) >= 11 is 1.43. The molecular weight excluding hydrogens is 264 g/mol. The maximum absolute atomic E-state index is 12.0. The molecule has 17 heavy (non-hydrogen) atoms. The van der Waals surface area contributed by atoms with Crippen molar-refractivity contribution < 1.29 is 14.7 Å². The Morgan fingerprint density at radius 2 is 2.29 bits per heavy atom. The Hall–Kier alpha value is -1.11. The summed E-state index contributed by atoms with van der Waals surface area (Å²) in [5, 5.41) is 15.5. The lowest BCUT2D eigenvalue weighted by Gasteiger charge is -2.33. The van der Waals surface area contributed by atoms with Crippen LogP contribution in [0.1, 0.15) is 10.4 Å². The summed E-state index contributed by atoms with van der Waals surface area (Å²) < 4.78 is 0. The molecule has 0 bridgehead atoms. The quantitative estimate of drug-likeness (QED) is 0.833. The first-order valence-electron chi connectivity index (χ1n) is 4.97. The lowest BCUT2D eigenvalue weighted by Crippen LogP contribution is -2.56. The van der Waals surface area contributed by atoms with Gasteiger partial charge in [-0.3, -0.25) is 4.79 Å². The van der Waals surface area contributed by atoms with Crippen LogP contribution in [-0.4, -0.2) is 47.6 Å². The van der Waals surface area contributed by atoms with Crippen LogP contribution in [0.4, 0.5) is 0 Å². The standard InChI is InChI=1S/C10H12N2O3S.ClH/c13-9(7-1-4-16-6-7)12-3-2-11-5-8(12)10(14)15;/h1,4,6,8,11H,2-3,5H2,(H,14,15);1H. The van der Waals surface area contributed by atoms with Gasteiger partial charge in [0, 0.05) is 25.0 Å². The van der Waals surface area contributed by atoms with Gasteiger partial charge in [0.25, 0.3) is 5.91 Å². The Kier molecular flexibility index (Phi) is 4.92. The van der Waals surface area contributed by atoms with Gasteiger partial charge in [-0.25, -0.2) is 4.79 Å². The Bertz CT molecular complexity index is 396. The fourth-order valence-corrected chi connectivity index (χ4v) is 2.35. The molecule has 1 amide bonds. The van der Waals surface area contributed by atoms with Crippen LogP contribution in [0.25, 0.3) is 0 Å². The van der Waals surface area contributed by atoms with Gasteiger partial charge in [0.2, 0.25) is 0 Å². The van der Waals surface area contributed by atoms with Crippen LogP contribution in [0.15, 0.2) is 16.8 Å². The zero-order chi connectivity index (χ0) is 11.5. The number of carboxylic acids is 1. The zero-order valence-electron chi connectivity index (χ0n) is 8.96. The van der Waals surface area contributed by atoms with Crippen molar-refractivity contribution >= 4 is 35.6 Å². The molecule has 2 N–H and O–H groups in total. The minimum Gasteiger partial charge on any atom is -0.480 e. The number of nitrogens with zero attached hydrogens (tertiary/aromatic N) is 1. The van der Waals surface area contributed by atoms with E-state index in [9.17, 15) is 9.59 Å². The molecule has 94 valence electrons. The summed E-state index contributed by atoms with van der Waals surface area (Å²) in [6.07, 6.45) is 0. The molecule has 1 aromatic rings. The van der Waals surface area contributed by atoms with E-state index < -0.39 is 12.0 Å². The maximum Gasteiger partial charge on any atom is 0.327 e. The predicted molar refractivity (Wildman–Crippen MR) is 66.9 cm³/mol. The van der Waals surface area contributed by atoms with Crippen molar-refractivity contribution in [2.75, 3.05) is 19.6 Å². The number of rotatable bonds is 2. The fourth-order valence-electron chi connectivity index (χ4n) is 1.72. The molecule has 0 spiro atoms. The Balaban J connectivity index is 0.00000144. The number of thiophene rings is 1. The summed E-state index contributed by atoms with van der Waals surface area (Å²) in [6, 6.07) is 0.953. The van der Waals surface area contributed by atoms with E-state index in [2.05, 4.69) is 5.32 Å².